The van der Waals surface area contributed by atoms with E-state index in [1.165, 1.54) is 11.8 Å². The molecule has 1 atom stereocenters. The van der Waals surface area contributed by atoms with E-state index in [1.807, 2.05) is 79.1 Å². The molecule has 0 saturated heterocycles. The molecule has 0 fully saturated rings. The number of nitrogens with one attached hydrogen (secondary N) is 1. The molecule has 0 aromatic heterocycles. The summed E-state index contributed by atoms with van der Waals surface area (Å²) in [5.74, 6) is 1.03. The van der Waals surface area contributed by atoms with Crippen molar-refractivity contribution in [2.75, 3.05) is 13.4 Å². The summed E-state index contributed by atoms with van der Waals surface area (Å²) < 4.78 is 11.6. The number of thioether (sulfide) groups is 1. The van der Waals surface area contributed by atoms with E-state index < -0.39 is 6.17 Å². The number of hydrazone groups is 1. The monoisotopic (exact) mass is 458 g/mol. The zero-order valence-electron chi connectivity index (χ0n) is 18.2. The highest BCUT2D eigenvalue weighted by molar-refractivity contribution is 8.13. The molecule has 2 heterocycles. The van der Waals surface area contributed by atoms with Crippen LogP contribution in [0, 0.1) is 0 Å². The minimum Gasteiger partial charge on any atom is -0.493 e. The highest BCUT2D eigenvalue weighted by Gasteiger charge is 2.34. The zero-order valence-corrected chi connectivity index (χ0v) is 19.0. The number of methoxy groups -OCH3 is 1. The van der Waals surface area contributed by atoms with Gasteiger partial charge in [-0.1, -0.05) is 66.4 Å². The van der Waals surface area contributed by atoms with E-state index >= 15 is 0 Å². The lowest BCUT2D eigenvalue weighted by atomic mass is 10.1. The summed E-state index contributed by atoms with van der Waals surface area (Å²) in [5, 5.41) is 11.2. The Hall–Kier alpha value is -3.78. The van der Waals surface area contributed by atoms with Crippen molar-refractivity contribution in [2.45, 2.75) is 12.8 Å². The molecule has 7 nitrogen and oxygen atoms in total. The number of para-hydroxylation sites is 1. The lowest BCUT2D eigenvalue weighted by Gasteiger charge is -2.34. The topological polar surface area (TPSA) is 75.5 Å². The minimum atomic E-state index is -0.514. The Bertz CT molecular complexity index is 1360. The van der Waals surface area contributed by atoms with E-state index in [9.17, 15) is 4.79 Å². The summed E-state index contributed by atoms with van der Waals surface area (Å²) in [6.07, 6.45) is 1.36. The molecule has 2 aliphatic heterocycles. The summed E-state index contributed by atoms with van der Waals surface area (Å²) in [6, 6.07) is 23.2. The maximum atomic E-state index is 13.0. The molecular formula is C25H22N4O3S. The van der Waals surface area contributed by atoms with Crippen molar-refractivity contribution in [3.8, 4) is 11.5 Å². The van der Waals surface area contributed by atoms with Gasteiger partial charge in [0.2, 0.25) is 0 Å². The van der Waals surface area contributed by atoms with Crippen molar-refractivity contribution in [1.29, 1.82) is 0 Å². The number of fused-ring (bicyclic) bond motifs is 2. The van der Waals surface area contributed by atoms with Crippen LogP contribution in [0.25, 0.3) is 5.70 Å². The van der Waals surface area contributed by atoms with Crippen molar-refractivity contribution in [1.82, 2.24) is 10.3 Å². The van der Waals surface area contributed by atoms with Crippen LogP contribution in [-0.4, -0.2) is 29.4 Å². The molecule has 3 aromatic carbocycles. The molecule has 3 aromatic rings. The molecule has 1 N–H and O–H groups in total. The molecule has 5 rings (SSSR count). The Morgan fingerprint density at radius 3 is 2.61 bits per heavy atom. The Kier molecular flexibility index (Phi) is 5.75. The van der Waals surface area contributed by atoms with Crippen molar-refractivity contribution in [3.05, 3.63) is 94.5 Å². The van der Waals surface area contributed by atoms with Gasteiger partial charge in [0, 0.05) is 10.8 Å². The first-order valence-corrected chi connectivity index (χ1v) is 11.7. The first kappa shape index (κ1) is 21.1. The molecule has 0 spiro atoms. The van der Waals surface area contributed by atoms with E-state index in [1.54, 1.807) is 12.1 Å². The van der Waals surface area contributed by atoms with Crippen molar-refractivity contribution >= 4 is 28.5 Å². The normalized spacial score (nSPS) is 16.7. The molecule has 1 amide bonds. The second-order valence-corrected chi connectivity index (χ2v) is 8.26. The van der Waals surface area contributed by atoms with Gasteiger partial charge < -0.3 is 9.47 Å². The molecule has 0 unspecified atom stereocenters. The van der Waals surface area contributed by atoms with Gasteiger partial charge in [-0.15, -0.1) is 5.10 Å². The number of amides is 1. The van der Waals surface area contributed by atoms with Gasteiger partial charge in [0.25, 0.3) is 5.91 Å². The van der Waals surface area contributed by atoms with E-state index in [4.69, 9.17) is 14.5 Å². The quantitative estimate of drug-likeness (QED) is 0.636. The second-order valence-electron chi connectivity index (χ2n) is 7.46. The standard InChI is InChI=1S/C25H22N4O3S/c1-31-21-14-17(12-13-20(21)32-15-16-8-4-3-5-9-16)23-26-19-11-7-6-10-18(19)22-24(30)27-25(33-2)28-29(22)23/h3-14,23H,15H2,1-2H3,(H,27,28,30)/t23-/m1/s1. The maximum absolute atomic E-state index is 13.0. The summed E-state index contributed by atoms with van der Waals surface area (Å²) in [4.78, 5) is 17.9. The van der Waals surface area contributed by atoms with Gasteiger partial charge in [0.15, 0.2) is 22.8 Å². The molecule has 0 saturated carbocycles. The largest absolute Gasteiger partial charge is 0.493 e. The van der Waals surface area contributed by atoms with E-state index in [0.29, 0.717) is 29.0 Å². The lowest BCUT2D eigenvalue weighted by Crippen LogP contribution is -2.50. The Balaban J connectivity index is 1.54. The number of hydrogen-bond acceptors (Lipinski definition) is 7. The van der Waals surface area contributed by atoms with Crippen molar-refractivity contribution in [2.24, 2.45) is 10.1 Å². The van der Waals surface area contributed by atoms with Crippen LogP contribution in [0.5, 0.6) is 11.5 Å². The van der Waals surface area contributed by atoms with Crippen LogP contribution in [-0.2, 0) is 11.4 Å². The van der Waals surface area contributed by atoms with Gasteiger partial charge in [-0.3, -0.25) is 15.1 Å². The number of amidine groups is 1. The molecule has 0 aliphatic carbocycles. The number of rotatable bonds is 5. The molecule has 0 radical (unpaired) electrons. The molecular weight excluding hydrogens is 436 g/mol. The van der Waals surface area contributed by atoms with Crippen LogP contribution in [0.15, 0.2) is 82.9 Å². The van der Waals surface area contributed by atoms with Crippen LogP contribution in [0.4, 0.5) is 0 Å². The third kappa shape index (κ3) is 4.05. The van der Waals surface area contributed by atoms with E-state index in [0.717, 1.165) is 21.7 Å². The predicted octanol–water partition coefficient (Wildman–Crippen LogP) is 2.78. The average Bonchev–Trinajstić information content (AvgIpc) is 2.87. The second kappa shape index (κ2) is 8.99. The molecule has 33 heavy (non-hydrogen) atoms. The number of nitrogens with zero attached hydrogens (tertiary/aromatic N) is 3. The van der Waals surface area contributed by atoms with E-state index in [-0.39, 0.29) is 5.91 Å². The fraction of sp³-hybridized carbons (Fsp3) is 0.160. The SMILES string of the molecule is COc1cc([C@@H]2N=c3ccccc3=C3C(=O)NC(SC)=NN32)ccc1OCc1ccccc1. The number of carbonyl (C=O) groups is 1. The first-order chi connectivity index (χ1) is 16.2. The van der Waals surface area contributed by atoms with Gasteiger partial charge in [-0.25, -0.2) is 5.01 Å². The summed E-state index contributed by atoms with van der Waals surface area (Å²) in [5.41, 5.74) is 2.39. The Morgan fingerprint density at radius 1 is 1.03 bits per heavy atom. The first-order valence-electron chi connectivity index (χ1n) is 10.4. The third-order valence-electron chi connectivity index (χ3n) is 5.43. The number of carbonyl (C=O) groups excluding carboxylic acids is 1. The summed E-state index contributed by atoms with van der Waals surface area (Å²) in [6.45, 7) is 0.434. The van der Waals surface area contributed by atoms with Gasteiger partial charge in [0.05, 0.1) is 12.5 Å². The van der Waals surface area contributed by atoms with Crippen LogP contribution in [0.2, 0.25) is 0 Å². The third-order valence-corrected chi connectivity index (χ3v) is 6.00. The number of ether oxygens (including phenoxy) is 2. The summed E-state index contributed by atoms with van der Waals surface area (Å²) >= 11 is 1.38. The fourth-order valence-corrected chi connectivity index (χ4v) is 4.20. The number of hydrogen-bond donors (Lipinski definition) is 1. The van der Waals surface area contributed by atoms with Gasteiger partial charge in [0.1, 0.15) is 12.3 Å². The zero-order chi connectivity index (χ0) is 22.8. The Morgan fingerprint density at radius 2 is 1.82 bits per heavy atom. The molecule has 2 aliphatic rings. The molecule has 0 bridgehead atoms. The van der Waals surface area contributed by atoms with Crippen LogP contribution in [0.1, 0.15) is 17.3 Å². The fourth-order valence-electron chi connectivity index (χ4n) is 3.84. The lowest BCUT2D eigenvalue weighted by molar-refractivity contribution is -0.116. The van der Waals surface area contributed by atoms with Crippen LogP contribution < -0.4 is 25.4 Å². The van der Waals surface area contributed by atoms with Crippen molar-refractivity contribution < 1.29 is 14.3 Å². The van der Waals surface area contributed by atoms with Gasteiger partial charge >= 0.3 is 0 Å². The Labute approximate surface area is 195 Å². The maximum Gasteiger partial charge on any atom is 0.276 e. The van der Waals surface area contributed by atoms with Crippen molar-refractivity contribution in [3.63, 3.8) is 0 Å². The van der Waals surface area contributed by atoms with Gasteiger partial charge in [-0.2, -0.15) is 0 Å². The smallest absolute Gasteiger partial charge is 0.276 e. The molecule has 8 heteroatoms. The van der Waals surface area contributed by atoms with Crippen LogP contribution in [0.3, 0.4) is 0 Å². The van der Waals surface area contributed by atoms with Crippen LogP contribution >= 0.6 is 11.8 Å². The number of benzene rings is 3. The summed E-state index contributed by atoms with van der Waals surface area (Å²) in [7, 11) is 1.61. The average molecular weight is 459 g/mol. The van der Waals surface area contributed by atoms with E-state index in [2.05, 4.69) is 10.4 Å². The minimum absolute atomic E-state index is 0.198. The highest BCUT2D eigenvalue weighted by Crippen LogP contribution is 2.36. The van der Waals surface area contributed by atoms with Gasteiger partial charge in [-0.05, 0) is 30.0 Å². The predicted molar refractivity (Wildman–Crippen MR) is 128 cm³/mol. The molecule has 166 valence electrons. The highest BCUT2D eigenvalue weighted by atomic mass is 32.2.